The van der Waals surface area contributed by atoms with Crippen molar-refractivity contribution in [3.63, 3.8) is 0 Å². The summed E-state index contributed by atoms with van der Waals surface area (Å²) < 4.78 is 18.5. The van der Waals surface area contributed by atoms with Crippen LogP contribution in [0.25, 0.3) is 0 Å². The molecular weight excluding hydrogens is 440 g/mol. The molecule has 0 aromatic carbocycles. The fourth-order valence-electron chi connectivity index (χ4n) is 4.77. The first kappa shape index (κ1) is 34.2. The van der Waals surface area contributed by atoms with E-state index in [1.165, 1.54) is 114 Å². The largest absolute Gasteiger partial charge is 0.328 e. The van der Waals surface area contributed by atoms with Crippen LogP contribution in [0.1, 0.15) is 150 Å². The zero-order valence-corrected chi connectivity index (χ0v) is 24.8. The number of rotatable bonds is 28. The van der Waals surface area contributed by atoms with Crippen LogP contribution in [0.3, 0.4) is 0 Å². The minimum absolute atomic E-state index is 0.304. The van der Waals surface area contributed by atoms with Crippen LogP contribution in [0.15, 0.2) is 0 Å². The number of hydrogen-bond acceptors (Lipinski definition) is 4. The molecule has 1 unspecified atom stereocenters. The Bertz CT molecular complexity index is 374. The van der Waals surface area contributed by atoms with Crippen LogP contribution in [0.5, 0.6) is 0 Å². The predicted octanol–water partition coefficient (Wildman–Crippen LogP) is 10.2. The molecule has 206 valence electrons. The Morgan fingerprint density at radius 3 is 1.32 bits per heavy atom. The number of ether oxygens (including phenoxy) is 3. The molecule has 0 aliphatic rings. The fraction of sp³-hybridized carbons (Fsp3) is 1.00. The van der Waals surface area contributed by atoms with E-state index in [2.05, 4.69) is 46.4 Å². The Labute approximate surface area is 219 Å². The predicted molar refractivity (Wildman–Crippen MR) is 153 cm³/mol. The van der Waals surface area contributed by atoms with Crippen molar-refractivity contribution in [3.05, 3.63) is 0 Å². The molecule has 0 radical (unpaired) electrons. The third-order valence-corrected chi connectivity index (χ3v) is 7.80. The van der Waals surface area contributed by atoms with Crippen LogP contribution in [0, 0.1) is 5.92 Å². The standard InChI is InChI=1S/C30H62O3S/c1-6-11-13-15-17-18-19-20-22-24-27-34-28-26-29(25-23-21-16-14-12-7-2)30(31-8-3,32-9-4)33-10-5/h29H,6-28H2,1-5H3. The van der Waals surface area contributed by atoms with Gasteiger partial charge in [-0.05, 0) is 51.5 Å². The van der Waals surface area contributed by atoms with Crippen molar-refractivity contribution in [1.29, 1.82) is 0 Å². The van der Waals surface area contributed by atoms with Gasteiger partial charge in [0.05, 0.1) is 0 Å². The molecule has 34 heavy (non-hydrogen) atoms. The highest BCUT2D eigenvalue weighted by Gasteiger charge is 2.41. The molecule has 0 saturated heterocycles. The Hall–Kier alpha value is 0.230. The van der Waals surface area contributed by atoms with Crippen molar-refractivity contribution in [2.45, 2.75) is 156 Å². The van der Waals surface area contributed by atoms with E-state index in [1.807, 2.05) is 0 Å². The molecule has 0 amide bonds. The summed E-state index contributed by atoms with van der Waals surface area (Å²) >= 11 is 2.11. The third kappa shape index (κ3) is 18.5. The topological polar surface area (TPSA) is 27.7 Å². The van der Waals surface area contributed by atoms with Gasteiger partial charge in [-0.1, -0.05) is 110 Å². The van der Waals surface area contributed by atoms with Gasteiger partial charge in [-0.25, -0.2) is 0 Å². The first-order chi connectivity index (χ1) is 16.7. The van der Waals surface area contributed by atoms with E-state index >= 15 is 0 Å². The van der Waals surface area contributed by atoms with Crippen LogP contribution in [-0.2, 0) is 14.2 Å². The van der Waals surface area contributed by atoms with E-state index in [4.69, 9.17) is 14.2 Å². The Morgan fingerprint density at radius 2 is 0.882 bits per heavy atom. The van der Waals surface area contributed by atoms with Gasteiger partial charge in [-0.2, -0.15) is 11.8 Å². The quantitative estimate of drug-likeness (QED) is 0.0785. The molecule has 0 aromatic heterocycles. The van der Waals surface area contributed by atoms with E-state index in [-0.39, 0.29) is 0 Å². The summed E-state index contributed by atoms with van der Waals surface area (Å²) in [5.74, 6) is 1.90. The fourth-order valence-corrected chi connectivity index (χ4v) is 5.83. The van der Waals surface area contributed by atoms with E-state index in [1.54, 1.807) is 0 Å². The highest BCUT2D eigenvalue weighted by atomic mass is 32.2. The smallest absolute Gasteiger partial charge is 0.285 e. The molecule has 1 atom stereocenters. The van der Waals surface area contributed by atoms with Crippen LogP contribution < -0.4 is 0 Å². The minimum atomic E-state index is -0.862. The van der Waals surface area contributed by atoms with Crippen molar-refractivity contribution in [2.75, 3.05) is 31.3 Å². The van der Waals surface area contributed by atoms with Gasteiger partial charge in [0.2, 0.25) is 0 Å². The van der Waals surface area contributed by atoms with Crippen LogP contribution in [-0.4, -0.2) is 37.3 Å². The summed E-state index contributed by atoms with van der Waals surface area (Å²) in [6.07, 6.45) is 24.3. The number of unbranched alkanes of at least 4 members (excludes halogenated alkanes) is 14. The van der Waals surface area contributed by atoms with Gasteiger partial charge in [0.1, 0.15) is 0 Å². The van der Waals surface area contributed by atoms with E-state index in [0.717, 1.165) is 12.8 Å². The van der Waals surface area contributed by atoms with Gasteiger partial charge in [0.25, 0.3) is 5.97 Å². The molecule has 0 fully saturated rings. The van der Waals surface area contributed by atoms with E-state index < -0.39 is 5.97 Å². The van der Waals surface area contributed by atoms with Gasteiger partial charge < -0.3 is 14.2 Å². The summed E-state index contributed by atoms with van der Waals surface area (Å²) in [6, 6.07) is 0. The molecule has 3 nitrogen and oxygen atoms in total. The lowest BCUT2D eigenvalue weighted by molar-refractivity contribution is -0.402. The molecule has 0 heterocycles. The second-order valence-corrected chi connectivity index (χ2v) is 11.0. The van der Waals surface area contributed by atoms with Gasteiger partial charge in [-0.3, -0.25) is 0 Å². The summed E-state index contributed by atoms with van der Waals surface area (Å²) in [4.78, 5) is 0. The molecule has 0 spiro atoms. The molecule has 0 N–H and O–H groups in total. The Morgan fingerprint density at radius 1 is 0.471 bits per heavy atom. The monoisotopic (exact) mass is 502 g/mol. The zero-order valence-electron chi connectivity index (χ0n) is 24.0. The molecule has 0 bridgehead atoms. The van der Waals surface area contributed by atoms with Crippen molar-refractivity contribution >= 4 is 11.8 Å². The number of thioether (sulfide) groups is 1. The first-order valence-corrected chi connectivity index (χ1v) is 16.4. The van der Waals surface area contributed by atoms with Crippen LogP contribution in [0.2, 0.25) is 0 Å². The maximum absolute atomic E-state index is 6.18. The lowest BCUT2D eigenvalue weighted by Gasteiger charge is -2.39. The third-order valence-electron chi connectivity index (χ3n) is 6.70. The molecule has 0 aliphatic heterocycles. The lowest BCUT2D eigenvalue weighted by Crippen LogP contribution is -2.47. The first-order valence-electron chi connectivity index (χ1n) is 15.2. The summed E-state index contributed by atoms with van der Waals surface area (Å²) in [5, 5.41) is 0. The highest BCUT2D eigenvalue weighted by Crippen LogP contribution is 2.34. The molecule has 0 saturated carbocycles. The Balaban J connectivity index is 4.32. The molecule has 0 aromatic rings. The molecule has 4 heteroatoms. The van der Waals surface area contributed by atoms with Gasteiger partial charge in [0.15, 0.2) is 0 Å². The summed E-state index contributed by atoms with van der Waals surface area (Å²) in [7, 11) is 0. The maximum Gasteiger partial charge on any atom is 0.285 e. The van der Waals surface area contributed by atoms with Crippen LogP contribution in [0.4, 0.5) is 0 Å². The van der Waals surface area contributed by atoms with E-state index in [9.17, 15) is 0 Å². The van der Waals surface area contributed by atoms with E-state index in [0.29, 0.717) is 25.7 Å². The molecular formula is C30H62O3S. The summed E-state index contributed by atoms with van der Waals surface area (Å²) in [6.45, 7) is 12.6. The number of hydrogen-bond donors (Lipinski definition) is 0. The average Bonchev–Trinajstić information content (AvgIpc) is 2.83. The second kappa shape index (κ2) is 26.3. The highest BCUT2D eigenvalue weighted by molar-refractivity contribution is 7.99. The van der Waals surface area contributed by atoms with Gasteiger partial charge in [-0.15, -0.1) is 0 Å². The molecule has 0 aliphatic carbocycles. The van der Waals surface area contributed by atoms with Crippen LogP contribution >= 0.6 is 11.8 Å². The SMILES string of the molecule is CCCCCCCCCCCCSCCC(CCCCCCCC)C(OCC)(OCC)OCC. The average molecular weight is 503 g/mol. The summed E-state index contributed by atoms with van der Waals surface area (Å²) in [5.41, 5.74) is 0. The van der Waals surface area contributed by atoms with Gasteiger partial charge in [0, 0.05) is 25.7 Å². The zero-order chi connectivity index (χ0) is 25.2. The van der Waals surface area contributed by atoms with Gasteiger partial charge >= 0.3 is 0 Å². The second-order valence-electron chi connectivity index (χ2n) is 9.74. The normalized spacial score (nSPS) is 13.0. The van der Waals surface area contributed by atoms with Crippen molar-refractivity contribution in [1.82, 2.24) is 0 Å². The van der Waals surface area contributed by atoms with Crippen molar-refractivity contribution in [3.8, 4) is 0 Å². The maximum atomic E-state index is 6.18. The molecule has 0 rings (SSSR count). The lowest BCUT2D eigenvalue weighted by atomic mass is 9.95. The van der Waals surface area contributed by atoms with Crippen molar-refractivity contribution in [2.24, 2.45) is 5.92 Å². The Kier molecular flexibility index (Phi) is 26.5. The van der Waals surface area contributed by atoms with Crippen molar-refractivity contribution < 1.29 is 14.2 Å². The minimum Gasteiger partial charge on any atom is -0.328 e.